The average molecular weight is 278 g/mol. The maximum Gasteiger partial charge on any atom is 0.253 e. The predicted molar refractivity (Wildman–Crippen MR) is 75.8 cm³/mol. The van der Waals surface area contributed by atoms with Crippen LogP contribution in [0.4, 0.5) is 10.1 Å². The molecular weight excluding hydrogens is 263 g/mol. The lowest BCUT2D eigenvalue weighted by Crippen LogP contribution is -2.34. The SMILES string of the molecule is CC(Cc1cccs1)NC(=O)c1ccc(F)cc1N. The predicted octanol–water partition coefficient (Wildman–Crippen LogP) is 2.83. The maximum absolute atomic E-state index is 12.9. The van der Waals surface area contributed by atoms with E-state index in [0.717, 1.165) is 12.5 Å². The highest BCUT2D eigenvalue weighted by atomic mass is 32.1. The van der Waals surface area contributed by atoms with Gasteiger partial charge in [0, 0.05) is 23.0 Å². The van der Waals surface area contributed by atoms with Gasteiger partial charge in [0.05, 0.1) is 5.56 Å². The number of nitrogens with one attached hydrogen (secondary N) is 1. The Kier molecular flexibility index (Phi) is 4.16. The first kappa shape index (κ1) is 13.5. The largest absolute Gasteiger partial charge is 0.398 e. The quantitative estimate of drug-likeness (QED) is 0.845. The van der Waals surface area contributed by atoms with Crippen LogP contribution in [0.1, 0.15) is 22.2 Å². The summed E-state index contributed by atoms with van der Waals surface area (Å²) in [6, 6.07) is 7.79. The molecule has 0 radical (unpaired) electrons. The molecule has 0 aliphatic carbocycles. The number of hydrogen-bond donors (Lipinski definition) is 2. The van der Waals surface area contributed by atoms with Crippen molar-refractivity contribution in [2.75, 3.05) is 5.73 Å². The lowest BCUT2D eigenvalue weighted by Gasteiger charge is -2.14. The summed E-state index contributed by atoms with van der Waals surface area (Å²) in [6.07, 6.45) is 0.768. The van der Waals surface area contributed by atoms with Gasteiger partial charge in [0.15, 0.2) is 0 Å². The van der Waals surface area contributed by atoms with Crippen LogP contribution < -0.4 is 11.1 Å². The molecule has 2 aromatic rings. The summed E-state index contributed by atoms with van der Waals surface area (Å²) in [4.78, 5) is 13.2. The van der Waals surface area contributed by atoms with Gasteiger partial charge in [0.25, 0.3) is 5.91 Å². The molecule has 0 bridgehead atoms. The molecule has 100 valence electrons. The molecule has 1 heterocycles. The molecule has 1 unspecified atom stereocenters. The van der Waals surface area contributed by atoms with E-state index in [-0.39, 0.29) is 17.6 Å². The van der Waals surface area contributed by atoms with Crippen molar-refractivity contribution in [2.24, 2.45) is 0 Å². The van der Waals surface area contributed by atoms with Gasteiger partial charge in [0.2, 0.25) is 0 Å². The second kappa shape index (κ2) is 5.84. The van der Waals surface area contributed by atoms with Gasteiger partial charge in [-0.25, -0.2) is 4.39 Å². The third kappa shape index (κ3) is 3.54. The second-order valence-electron chi connectivity index (χ2n) is 4.39. The molecule has 1 atom stereocenters. The fourth-order valence-electron chi connectivity index (χ4n) is 1.82. The van der Waals surface area contributed by atoms with E-state index in [0.29, 0.717) is 5.56 Å². The van der Waals surface area contributed by atoms with Crippen LogP contribution in [-0.4, -0.2) is 11.9 Å². The Labute approximate surface area is 115 Å². The number of rotatable bonds is 4. The fourth-order valence-corrected chi connectivity index (χ4v) is 2.66. The molecule has 0 saturated heterocycles. The minimum atomic E-state index is -0.444. The molecule has 19 heavy (non-hydrogen) atoms. The van der Waals surface area contributed by atoms with Gasteiger partial charge in [-0.2, -0.15) is 0 Å². The number of halogens is 1. The van der Waals surface area contributed by atoms with Crippen LogP contribution in [0.25, 0.3) is 0 Å². The Morgan fingerprint density at radius 1 is 1.47 bits per heavy atom. The summed E-state index contributed by atoms with van der Waals surface area (Å²) < 4.78 is 12.9. The fraction of sp³-hybridized carbons (Fsp3) is 0.214. The normalized spacial score (nSPS) is 12.1. The molecule has 1 aromatic carbocycles. The highest BCUT2D eigenvalue weighted by molar-refractivity contribution is 7.09. The number of amides is 1. The van der Waals surface area contributed by atoms with Crippen LogP contribution in [0, 0.1) is 5.82 Å². The number of benzene rings is 1. The van der Waals surface area contributed by atoms with Crippen LogP contribution in [-0.2, 0) is 6.42 Å². The second-order valence-corrected chi connectivity index (χ2v) is 5.42. The smallest absolute Gasteiger partial charge is 0.253 e. The molecule has 0 saturated carbocycles. The number of thiophene rings is 1. The van der Waals surface area contributed by atoms with Crippen molar-refractivity contribution in [3.8, 4) is 0 Å². The Morgan fingerprint density at radius 3 is 2.89 bits per heavy atom. The molecule has 3 N–H and O–H groups in total. The van der Waals surface area contributed by atoms with Gasteiger partial charge < -0.3 is 11.1 Å². The average Bonchev–Trinajstić information content (AvgIpc) is 2.81. The van der Waals surface area contributed by atoms with E-state index in [4.69, 9.17) is 5.73 Å². The first-order valence-corrected chi connectivity index (χ1v) is 6.82. The van der Waals surface area contributed by atoms with Gasteiger partial charge in [-0.3, -0.25) is 4.79 Å². The van der Waals surface area contributed by atoms with Crippen molar-refractivity contribution >= 4 is 22.9 Å². The first-order valence-electron chi connectivity index (χ1n) is 5.94. The lowest BCUT2D eigenvalue weighted by atomic mass is 10.1. The van der Waals surface area contributed by atoms with Crippen molar-refractivity contribution in [3.63, 3.8) is 0 Å². The van der Waals surface area contributed by atoms with E-state index >= 15 is 0 Å². The van der Waals surface area contributed by atoms with Crippen LogP contribution in [0.2, 0.25) is 0 Å². The molecule has 2 rings (SSSR count). The van der Waals surface area contributed by atoms with Crippen molar-refractivity contribution in [1.82, 2.24) is 5.32 Å². The van der Waals surface area contributed by atoms with E-state index in [9.17, 15) is 9.18 Å². The van der Waals surface area contributed by atoms with Crippen LogP contribution in [0.3, 0.4) is 0 Å². The molecule has 1 aromatic heterocycles. The van der Waals surface area contributed by atoms with E-state index < -0.39 is 5.82 Å². The molecule has 5 heteroatoms. The third-order valence-corrected chi connectivity index (χ3v) is 3.62. The van der Waals surface area contributed by atoms with Crippen LogP contribution in [0.15, 0.2) is 35.7 Å². The molecule has 0 aliphatic rings. The number of hydrogen-bond acceptors (Lipinski definition) is 3. The van der Waals surface area contributed by atoms with Gasteiger partial charge in [0.1, 0.15) is 5.82 Å². The molecule has 3 nitrogen and oxygen atoms in total. The van der Waals surface area contributed by atoms with Gasteiger partial charge >= 0.3 is 0 Å². The molecule has 1 amide bonds. The first-order chi connectivity index (χ1) is 9.06. The summed E-state index contributed by atoms with van der Waals surface area (Å²) in [5.41, 5.74) is 6.09. The molecular formula is C14H15FN2OS. The van der Waals surface area contributed by atoms with Crippen molar-refractivity contribution in [3.05, 3.63) is 52.0 Å². The summed E-state index contributed by atoms with van der Waals surface area (Å²) in [5.74, 6) is -0.720. The number of carbonyl (C=O) groups is 1. The van der Waals surface area contributed by atoms with Crippen molar-refractivity contribution < 1.29 is 9.18 Å². The zero-order chi connectivity index (χ0) is 13.8. The Bertz CT molecular complexity index is 569. The van der Waals surface area contributed by atoms with Crippen LogP contribution >= 0.6 is 11.3 Å². The standard InChI is InChI=1S/C14H15FN2OS/c1-9(7-11-3-2-6-19-11)17-14(18)12-5-4-10(15)8-13(12)16/h2-6,8-9H,7,16H2,1H3,(H,17,18). The number of anilines is 1. The molecule has 0 fully saturated rings. The molecule has 0 aliphatic heterocycles. The van der Waals surface area contributed by atoms with E-state index in [2.05, 4.69) is 5.32 Å². The van der Waals surface area contributed by atoms with E-state index in [1.165, 1.54) is 17.0 Å². The Morgan fingerprint density at radius 2 is 2.26 bits per heavy atom. The Balaban J connectivity index is 2.00. The van der Waals surface area contributed by atoms with Crippen molar-refractivity contribution in [2.45, 2.75) is 19.4 Å². The zero-order valence-corrected chi connectivity index (χ0v) is 11.3. The van der Waals surface area contributed by atoms with Gasteiger partial charge in [-0.1, -0.05) is 6.07 Å². The summed E-state index contributed by atoms with van der Waals surface area (Å²) in [5, 5.41) is 4.86. The number of nitrogen functional groups attached to an aromatic ring is 1. The van der Waals surface area contributed by atoms with E-state index in [1.807, 2.05) is 24.4 Å². The summed E-state index contributed by atoms with van der Waals surface area (Å²) >= 11 is 1.65. The minimum absolute atomic E-state index is 0.00407. The topological polar surface area (TPSA) is 55.1 Å². The summed E-state index contributed by atoms with van der Waals surface area (Å²) in [7, 11) is 0. The van der Waals surface area contributed by atoms with Crippen molar-refractivity contribution in [1.29, 1.82) is 0 Å². The van der Waals surface area contributed by atoms with Crippen LogP contribution in [0.5, 0.6) is 0 Å². The minimum Gasteiger partial charge on any atom is -0.398 e. The zero-order valence-electron chi connectivity index (χ0n) is 10.5. The van der Waals surface area contributed by atoms with Gasteiger partial charge in [-0.05, 0) is 36.6 Å². The summed E-state index contributed by atoms with van der Waals surface area (Å²) in [6.45, 7) is 1.93. The molecule has 0 spiro atoms. The van der Waals surface area contributed by atoms with Gasteiger partial charge in [-0.15, -0.1) is 11.3 Å². The maximum atomic E-state index is 12.9. The highest BCUT2D eigenvalue weighted by Gasteiger charge is 2.13. The highest BCUT2D eigenvalue weighted by Crippen LogP contribution is 2.15. The Hall–Kier alpha value is -1.88. The monoisotopic (exact) mass is 278 g/mol. The van der Waals surface area contributed by atoms with E-state index in [1.54, 1.807) is 11.3 Å². The third-order valence-electron chi connectivity index (χ3n) is 2.72. The number of carbonyl (C=O) groups excluding carboxylic acids is 1. The lowest BCUT2D eigenvalue weighted by molar-refractivity contribution is 0.0941. The number of nitrogens with two attached hydrogens (primary N) is 1.